The average molecular weight is 970 g/mol. The van der Waals surface area contributed by atoms with Crippen LogP contribution in [0.15, 0.2) is 102 Å². The molecule has 3 aromatic heterocycles. The van der Waals surface area contributed by atoms with Gasteiger partial charge in [0.1, 0.15) is 18.5 Å². The molecule has 18 heteroatoms. The number of carbonyl (C=O) groups is 3. The minimum Gasteiger partial charge on any atom is -0.444 e. The number of halogens is 1. The van der Waals surface area contributed by atoms with Crippen molar-refractivity contribution in [3.8, 4) is 11.1 Å². The third-order valence-electron chi connectivity index (χ3n) is 10.6. The summed E-state index contributed by atoms with van der Waals surface area (Å²) in [4.78, 5) is 59.2. The highest BCUT2D eigenvalue weighted by atomic mass is 35.5. The summed E-state index contributed by atoms with van der Waals surface area (Å²) in [6, 6.07) is 24.2. The van der Waals surface area contributed by atoms with Crippen molar-refractivity contribution < 1.29 is 24.2 Å². The zero-order chi connectivity index (χ0) is 48.5. The van der Waals surface area contributed by atoms with Gasteiger partial charge in [-0.25, -0.2) is 19.6 Å². The zero-order valence-corrected chi connectivity index (χ0v) is 41.1. The van der Waals surface area contributed by atoms with Gasteiger partial charge in [0.05, 0.1) is 45.5 Å². The third kappa shape index (κ3) is 16.3. The standard InChI is InChI=1S/C37H48N6O5S2.C12H13ClN4/c1-24(2)33(42-36(46)43(5)20-29-22-49-35(40-29)25(3)4)34(45)39-28(16-26-12-8-6-9-13-26)18-32(44)31(17-27-14-10-7-11-15-27)41-37(47)48-21-30-19-38-23-50-30;1-2-9-10(11(14)17-12(15)16-9)7-3-5-8(13)6-4-7/h6-15,19,22-25,28,31-33,44H,16-18,20-21H2,1-5H3,(H,39,45)(H,41,47)(H,42,46);3-6H,2H2,1H3,(H4,14,15,16,17)/t28-,31-,32-,33-;/m0./s1. The SMILES string of the molecule is CC(C)c1nc(CN(C)C(=O)N[C@H](C(=O)N[C@@H](Cc2ccccc2)C[C@H](O)[C@H](Cc2ccccc2)NC(=O)OCc2cncs2)C(C)C)cs1.CCc1nc(N)nc(N)c1-c1ccc(Cl)cc1. The van der Waals surface area contributed by atoms with E-state index in [0.717, 1.165) is 49.9 Å². The van der Waals surface area contributed by atoms with Gasteiger partial charge in [-0.1, -0.05) is 119 Å². The van der Waals surface area contributed by atoms with E-state index < -0.39 is 30.3 Å². The first kappa shape index (κ1) is 51.8. The molecule has 0 saturated carbocycles. The number of aryl methyl sites for hydroxylation is 1. The van der Waals surface area contributed by atoms with Crippen LogP contribution in [0.4, 0.5) is 21.4 Å². The number of rotatable bonds is 19. The van der Waals surface area contributed by atoms with Crippen LogP contribution in [0.5, 0.6) is 0 Å². The maximum Gasteiger partial charge on any atom is 0.407 e. The number of amides is 4. The van der Waals surface area contributed by atoms with E-state index in [1.54, 1.807) is 30.1 Å². The Bertz CT molecular complexity index is 2460. The molecule has 3 heterocycles. The van der Waals surface area contributed by atoms with Crippen LogP contribution in [0.1, 0.15) is 79.4 Å². The highest BCUT2D eigenvalue weighted by molar-refractivity contribution is 7.09. The highest BCUT2D eigenvalue weighted by Crippen LogP contribution is 2.29. The molecule has 6 aromatic rings. The number of benzene rings is 3. The molecule has 0 saturated heterocycles. The second-order valence-electron chi connectivity index (χ2n) is 16.7. The molecule has 0 bridgehead atoms. The van der Waals surface area contributed by atoms with Crippen LogP contribution in [0.3, 0.4) is 0 Å². The second-order valence-corrected chi connectivity index (χ2v) is 19.0. The van der Waals surface area contributed by atoms with E-state index in [4.69, 9.17) is 27.8 Å². The largest absolute Gasteiger partial charge is 0.444 e. The minimum absolute atomic E-state index is 0.0671. The van der Waals surface area contributed by atoms with Crippen molar-refractivity contribution in [1.82, 2.24) is 40.8 Å². The van der Waals surface area contributed by atoms with Crippen molar-refractivity contribution in [3.05, 3.63) is 139 Å². The van der Waals surface area contributed by atoms with Crippen LogP contribution in [-0.2, 0) is 41.9 Å². The van der Waals surface area contributed by atoms with Gasteiger partial charge < -0.3 is 42.2 Å². The lowest BCUT2D eigenvalue weighted by Crippen LogP contribution is -2.55. The van der Waals surface area contributed by atoms with Gasteiger partial charge in [-0.05, 0) is 60.4 Å². The minimum atomic E-state index is -1.05. The van der Waals surface area contributed by atoms with Gasteiger partial charge in [-0.15, -0.1) is 22.7 Å². The number of hydrogen-bond donors (Lipinski definition) is 6. The fraction of sp³-hybridized carbons (Fsp3) is 0.367. The third-order valence-corrected chi connectivity index (χ3v) is 12.8. The lowest BCUT2D eigenvalue weighted by molar-refractivity contribution is -0.124. The number of alkyl carbamates (subject to hydrolysis) is 1. The number of aromatic nitrogens is 4. The van der Waals surface area contributed by atoms with Gasteiger partial charge in [0.2, 0.25) is 11.9 Å². The lowest BCUT2D eigenvalue weighted by Gasteiger charge is -2.30. The van der Waals surface area contributed by atoms with Gasteiger partial charge in [0.15, 0.2) is 0 Å². The number of nitrogen functional groups attached to an aromatic ring is 2. The Labute approximate surface area is 405 Å². The van der Waals surface area contributed by atoms with Crippen LogP contribution < -0.4 is 27.4 Å². The van der Waals surface area contributed by atoms with Crippen LogP contribution in [0.2, 0.25) is 5.02 Å². The molecule has 0 aliphatic rings. The molecule has 0 fully saturated rings. The number of carbonyl (C=O) groups excluding carboxylic acids is 3. The quantitative estimate of drug-likeness (QED) is 0.0452. The number of aliphatic hydroxyl groups excluding tert-OH is 1. The van der Waals surface area contributed by atoms with Crippen molar-refractivity contribution in [2.24, 2.45) is 5.92 Å². The summed E-state index contributed by atoms with van der Waals surface area (Å²) in [6.07, 6.45) is 1.58. The molecule has 356 valence electrons. The molecule has 15 nitrogen and oxygen atoms in total. The van der Waals surface area contributed by atoms with E-state index in [2.05, 4.69) is 49.7 Å². The molecule has 0 aliphatic carbocycles. The number of nitrogens with two attached hydrogens (primary N) is 2. The second kappa shape index (κ2) is 25.7. The van der Waals surface area contributed by atoms with Crippen molar-refractivity contribution in [2.75, 3.05) is 18.5 Å². The van der Waals surface area contributed by atoms with Crippen LogP contribution in [0.25, 0.3) is 11.1 Å². The maximum atomic E-state index is 13.9. The predicted octanol–water partition coefficient (Wildman–Crippen LogP) is 8.43. The molecule has 8 N–H and O–H groups in total. The Morgan fingerprint density at radius 3 is 2.09 bits per heavy atom. The number of anilines is 2. The van der Waals surface area contributed by atoms with Crippen molar-refractivity contribution in [3.63, 3.8) is 0 Å². The van der Waals surface area contributed by atoms with E-state index in [-0.39, 0.29) is 36.8 Å². The van der Waals surface area contributed by atoms with Crippen molar-refractivity contribution in [2.45, 2.75) is 104 Å². The van der Waals surface area contributed by atoms with Gasteiger partial charge in [0, 0.05) is 41.2 Å². The highest BCUT2D eigenvalue weighted by Gasteiger charge is 2.31. The number of hydrogen-bond acceptors (Lipinski definition) is 13. The first-order valence-electron chi connectivity index (χ1n) is 22.1. The van der Waals surface area contributed by atoms with Crippen molar-refractivity contribution >= 4 is 64.1 Å². The Balaban J connectivity index is 0.000000412. The number of ether oxygens (including phenoxy) is 1. The summed E-state index contributed by atoms with van der Waals surface area (Å²) in [6.45, 7) is 10.3. The molecule has 67 heavy (non-hydrogen) atoms. The Hall–Kier alpha value is -6.14. The summed E-state index contributed by atoms with van der Waals surface area (Å²) in [5.74, 6) is 0.329. The molecule has 3 aromatic carbocycles. The zero-order valence-electron chi connectivity index (χ0n) is 38.7. The van der Waals surface area contributed by atoms with Crippen molar-refractivity contribution in [1.29, 1.82) is 0 Å². The molecule has 0 spiro atoms. The normalized spacial score (nSPS) is 12.9. The smallest absolute Gasteiger partial charge is 0.407 e. The van der Waals surface area contributed by atoms with Crippen LogP contribution in [-0.4, -0.2) is 79.3 Å². The van der Waals surface area contributed by atoms with E-state index in [1.165, 1.54) is 16.2 Å². The molecule has 6 rings (SSSR count). The van der Waals surface area contributed by atoms with Crippen LogP contribution in [0, 0.1) is 5.92 Å². The number of nitrogens with one attached hydrogen (secondary N) is 3. The first-order chi connectivity index (χ1) is 32.1. The van der Waals surface area contributed by atoms with E-state index in [9.17, 15) is 19.5 Å². The summed E-state index contributed by atoms with van der Waals surface area (Å²) in [5.41, 5.74) is 18.5. The Morgan fingerprint density at radius 1 is 0.851 bits per heavy atom. The van der Waals surface area contributed by atoms with Gasteiger partial charge >= 0.3 is 12.1 Å². The number of thiazole rings is 2. The Kier molecular flexibility index (Phi) is 19.9. The predicted molar refractivity (Wildman–Crippen MR) is 268 cm³/mol. The molecule has 4 atom stereocenters. The number of nitrogens with zero attached hydrogens (tertiary/aromatic N) is 5. The molecular formula is C49H61ClN10O5S2. The van der Waals surface area contributed by atoms with E-state index in [1.807, 2.05) is 111 Å². The molecule has 4 amide bonds. The first-order valence-corrected chi connectivity index (χ1v) is 24.2. The van der Waals surface area contributed by atoms with E-state index in [0.29, 0.717) is 36.1 Å². The molecule has 0 aliphatic heterocycles. The topological polar surface area (TPSA) is 224 Å². The van der Waals surface area contributed by atoms with E-state index >= 15 is 0 Å². The van der Waals surface area contributed by atoms with Gasteiger partial charge in [-0.3, -0.25) is 9.78 Å². The van der Waals surface area contributed by atoms with Crippen LogP contribution >= 0.6 is 34.3 Å². The van der Waals surface area contributed by atoms with Gasteiger partial charge in [0.25, 0.3) is 0 Å². The maximum absolute atomic E-state index is 13.9. The molecule has 0 radical (unpaired) electrons. The number of urea groups is 1. The molecular weight excluding hydrogens is 908 g/mol. The van der Waals surface area contributed by atoms with Gasteiger partial charge in [-0.2, -0.15) is 4.98 Å². The Morgan fingerprint density at radius 2 is 1.51 bits per heavy atom. The number of aliphatic hydroxyl groups is 1. The molecule has 0 unspecified atom stereocenters. The average Bonchev–Trinajstić information content (AvgIpc) is 4.01. The monoisotopic (exact) mass is 968 g/mol. The fourth-order valence-electron chi connectivity index (χ4n) is 7.12. The lowest BCUT2D eigenvalue weighted by atomic mass is 9.93. The summed E-state index contributed by atoms with van der Waals surface area (Å²) < 4.78 is 5.42. The summed E-state index contributed by atoms with van der Waals surface area (Å²) in [7, 11) is 1.68. The summed E-state index contributed by atoms with van der Waals surface area (Å²) in [5, 5.41) is 24.2. The fourth-order valence-corrected chi connectivity index (χ4v) is 8.58. The summed E-state index contributed by atoms with van der Waals surface area (Å²) >= 11 is 8.81.